The molecule has 0 aliphatic heterocycles. The summed E-state index contributed by atoms with van der Waals surface area (Å²) in [6.45, 7) is 5.44. The fourth-order valence-corrected chi connectivity index (χ4v) is 2.62. The molecule has 1 amide bonds. The van der Waals surface area contributed by atoms with Crippen LogP contribution in [0.4, 0.5) is 10.1 Å². The highest BCUT2D eigenvalue weighted by Crippen LogP contribution is 2.16. The number of rotatable bonds is 5. The van der Waals surface area contributed by atoms with Gasteiger partial charge in [-0.2, -0.15) is 0 Å². The van der Waals surface area contributed by atoms with Crippen molar-refractivity contribution in [2.45, 2.75) is 37.6 Å². The van der Waals surface area contributed by atoms with Gasteiger partial charge in [-0.1, -0.05) is 0 Å². The van der Waals surface area contributed by atoms with Crippen LogP contribution in [0.2, 0.25) is 0 Å². The molecule has 0 saturated heterocycles. The third-order valence-electron chi connectivity index (χ3n) is 2.44. The molecule has 0 aliphatic rings. The van der Waals surface area contributed by atoms with Crippen LogP contribution in [0.3, 0.4) is 0 Å². The van der Waals surface area contributed by atoms with Crippen molar-refractivity contribution in [2.75, 3.05) is 12.3 Å². The lowest BCUT2D eigenvalue weighted by Crippen LogP contribution is -2.41. The molecular formula is C13H20FN3O3S. The second kappa shape index (κ2) is 6.40. The van der Waals surface area contributed by atoms with Crippen LogP contribution in [-0.4, -0.2) is 26.4 Å². The normalized spacial score (nSPS) is 12.2. The largest absolute Gasteiger partial charge is 0.396 e. The number of hydrogen-bond acceptors (Lipinski definition) is 4. The van der Waals surface area contributed by atoms with Crippen molar-refractivity contribution in [3.63, 3.8) is 0 Å². The summed E-state index contributed by atoms with van der Waals surface area (Å²) in [6, 6.07) is 3.13. The van der Waals surface area contributed by atoms with Crippen molar-refractivity contribution in [2.24, 2.45) is 0 Å². The number of halogens is 1. The number of benzene rings is 1. The van der Waals surface area contributed by atoms with E-state index in [2.05, 4.69) is 10.0 Å². The lowest BCUT2D eigenvalue weighted by Gasteiger charge is -2.20. The molecule has 0 bridgehead atoms. The summed E-state index contributed by atoms with van der Waals surface area (Å²) >= 11 is 0. The summed E-state index contributed by atoms with van der Waals surface area (Å²) in [4.78, 5) is 11.4. The topological polar surface area (TPSA) is 101 Å². The zero-order chi connectivity index (χ0) is 16.3. The molecule has 0 radical (unpaired) electrons. The van der Waals surface area contributed by atoms with E-state index >= 15 is 0 Å². The van der Waals surface area contributed by atoms with E-state index in [9.17, 15) is 17.6 Å². The van der Waals surface area contributed by atoms with Gasteiger partial charge in [0.2, 0.25) is 15.9 Å². The van der Waals surface area contributed by atoms with Crippen LogP contribution in [0.5, 0.6) is 0 Å². The van der Waals surface area contributed by atoms with Crippen LogP contribution in [0.25, 0.3) is 0 Å². The smallest absolute Gasteiger partial charge is 0.240 e. The van der Waals surface area contributed by atoms with Crippen LogP contribution in [0.15, 0.2) is 23.1 Å². The Kier molecular flexibility index (Phi) is 5.30. The van der Waals surface area contributed by atoms with E-state index in [0.717, 1.165) is 18.2 Å². The van der Waals surface area contributed by atoms with Gasteiger partial charge >= 0.3 is 0 Å². The molecule has 1 aromatic rings. The predicted molar refractivity (Wildman–Crippen MR) is 78.5 cm³/mol. The second-order valence-electron chi connectivity index (χ2n) is 5.63. The SMILES string of the molecule is CC(C)(C)NC(=O)CCNS(=O)(=O)c1ccc(F)c(N)c1. The Morgan fingerprint density at radius 2 is 1.95 bits per heavy atom. The summed E-state index contributed by atoms with van der Waals surface area (Å²) in [7, 11) is -3.82. The quantitative estimate of drug-likeness (QED) is 0.705. The van der Waals surface area contributed by atoms with Gasteiger partial charge in [0.05, 0.1) is 10.6 Å². The van der Waals surface area contributed by atoms with Gasteiger partial charge in [0.1, 0.15) is 5.82 Å². The molecule has 8 heteroatoms. The Hall–Kier alpha value is -1.67. The first-order valence-electron chi connectivity index (χ1n) is 6.37. The fourth-order valence-electron chi connectivity index (χ4n) is 1.55. The molecule has 1 aromatic carbocycles. The molecule has 0 fully saturated rings. The van der Waals surface area contributed by atoms with E-state index in [0.29, 0.717) is 0 Å². The Morgan fingerprint density at radius 1 is 1.33 bits per heavy atom. The first kappa shape index (κ1) is 17.4. The molecule has 1 rings (SSSR count). The number of carbonyl (C=O) groups excluding carboxylic acids is 1. The number of nitrogens with two attached hydrogens (primary N) is 1. The molecule has 0 atom stereocenters. The van der Waals surface area contributed by atoms with Crippen LogP contribution in [-0.2, 0) is 14.8 Å². The van der Waals surface area contributed by atoms with Gasteiger partial charge < -0.3 is 11.1 Å². The minimum atomic E-state index is -3.82. The number of carbonyl (C=O) groups is 1. The summed E-state index contributed by atoms with van der Waals surface area (Å²) in [5.74, 6) is -0.942. The Labute approximate surface area is 124 Å². The average molecular weight is 317 g/mol. The van der Waals surface area contributed by atoms with Gasteiger partial charge in [-0.3, -0.25) is 4.79 Å². The third kappa shape index (κ3) is 5.68. The first-order valence-corrected chi connectivity index (χ1v) is 7.85. The van der Waals surface area contributed by atoms with Gasteiger partial charge in [0.25, 0.3) is 0 Å². The number of nitrogens with one attached hydrogen (secondary N) is 2. The van der Waals surface area contributed by atoms with Gasteiger partial charge in [-0.25, -0.2) is 17.5 Å². The van der Waals surface area contributed by atoms with Crippen molar-refractivity contribution >= 4 is 21.6 Å². The summed E-state index contributed by atoms with van der Waals surface area (Å²) in [5, 5.41) is 2.72. The van der Waals surface area contributed by atoms with Crippen LogP contribution < -0.4 is 15.8 Å². The Morgan fingerprint density at radius 3 is 2.48 bits per heavy atom. The fraction of sp³-hybridized carbons (Fsp3) is 0.462. The summed E-state index contributed by atoms with van der Waals surface area (Å²) in [5.41, 5.74) is 4.71. The zero-order valence-electron chi connectivity index (χ0n) is 12.2. The number of amides is 1. The molecule has 0 saturated carbocycles. The van der Waals surface area contributed by atoms with E-state index in [-0.39, 0.29) is 35.0 Å². The highest BCUT2D eigenvalue weighted by atomic mass is 32.2. The maximum Gasteiger partial charge on any atom is 0.240 e. The van der Waals surface area contributed by atoms with Crippen LogP contribution in [0, 0.1) is 5.82 Å². The molecule has 118 valence electrons. The molecule has 0 unspecified atom stereocenters. The standard InChI is InChI=1S/C13H20FN3O3S/c1-13(2,3)17-12(18)6-7-16-21(19,20)9-4-5-10(14)11(15)8-9/h4-5,8,16H,6-7,15H2,1-3H3,(H,17,18). The van der Waals surface area contributed by atoms with Crippen molar-refractivity contribution in [1.29, 1.82) is 0 Å². The lowest BCUT2D eigenvalue weighted by molar-refractivity contribution is -0.122. The molecular weight excluding hydrogens is 297 g/mol. The molecule has 0 aromatic heterocycles. The van der Waals surface area contributed by atoms with Crippen molar-refractivity contribution < 1.29 is 17.6 Å². The van der Waals surface area contributed by atoms with E-state index in [1.165, 1.54) is 0 Å². The van der Waals surface area contributed by atoms with E-state index in [1.807, 2.05) is 20.8 Å². The van der Waals surface area contributed by atoms with Gasteiger partial charge in [0.15, 0.2) is 0 Å². The summed E-state index contributed by atoms with van der Waals surface area (Å²) < 4.78 is 39.2. The van der Waals surface area contributed by atoms with E-state index < -0.39 is 15.8 Å². The molecule has 0 aliphatic carbocycles. The minimum Gasteiger partial charge on any atom is -0.396 e. The molecule has 21 heavy (non-hydrogen) atoms. The maximum absolute atomic E-state index is 13.0. The Bertz CT molecular complexity index is 624. The highest BCUT2D eigenvalue weighted by molar-refractivity contribution is 7.89. The van der Waals surface area contributed by atoms with E-state index in [1.54, 1.807) is 0 Å². The predicted octanol–water partition coefficient (Wildman–Crippen LogP) is 0.991. The van der Waals surface area contributed by atoms with Crippen molar-refractivity contribution in [3.8, 4) is 0 Å². The molecule has 4 N–H and O–H groups in total. The third-order valence-corrected chi connectivity index (χ3v) is 3.90. The minimum absolute atomic E-state index is 0.00712. The number of nitrogen functional groups attached to an aromatic ring is 1. The molecule has 0 spiro atoms. The lowest BCUT2D eigenvalue weighted by atomic mass is 10.1. The highest BCUT2D eigenvalue weighted by Gasteiger charge is 2.17. The van der Waals surface area contributed by atoms with E-state index in [4.69, 9.17) is 5.73 Å². The van der Waals surface area contributed by atoms with Gasteiger partial charge in [-0.15, -0.1) is 0 Å². The van der Waals surface area contributed by atoms with Gasteiger partial charge in [0, 0.05) is 18.5 Å². The first-order chi connectivity index (χ1) is 9.51. The van der Waals surface area contributed by atoms with Crippen LogP contribution >= 0.6 is 0 Å². The molecule has 6 nitrogen and oxygen atoms in total. The number of hydrogen-bond donors (Lipinski definition) is 3. The second-order valence-corrected chi connectivity index (χ2v) is 7.40. The van der Waals surface area contributed by atoms with Crippen molar-refractivity contribution in [3.05, 3.63) is 24.0 Å². The number of sulfonamides is 1. The summed E-state index contributed by atoms with van der Waals surface area (Å²) in [6.07, 6.45) is 0.00712. The van der Waals surface area contributed by atoms with Crippen LogP contribution in [0.1, 0.15) is 27.2 Å². The number of anilines is 1. The Balaban J connectivity index is 2.61. The van der Waals surface area contributed by atoms with Gasteiger partial charge in [-0.05, 0) is 39.0 Å². The average Bonchev–Trinajstić information content (AvgIpc) is 2.29. The maximum atomic E-state index is 13.0. The zero-order valence-corrected chi connectivity index (χ0v) is 13.1. The van der Waals surface area contributed by atoms with Crippen molar-refractivity contribution in [1.82, 2.24) is 10.0 Å². The molecule has 0 heterocycles. The monoisotopic (exact) mass is 317 g/mol.